The minimum Gasteiger partial charge on any atom is -0.496 e. The van der Waals surface area contributed by atoms with Crippen molar-refractivity contribution >= 4 is 35.3 Å². The summed E-state index contributed by atoms with van der Waals surface area (Å²) in [5.74, 6) is 1.02. The number of carboxylic acid groups (broad SMARTS) is 1. The molecule has 3 heterocycles. The summed E-state index contributed by atoms with van der Waals surface area (Å²) in [6, 6.07) is 16.4. The normalized spacial score (nSPS) is 15.4. The van der Waals surface area contributed by atoms with E-state index in [0.717, 1.165) is 31.5 Å². The molecule has 0 atom stereocenters. The molecule has 2 saturated heterocycles. The molecule has 0 amide bonds. The van der Waals surface area contributed by atoms with Gasteiger partial charge in [0, 0.05) is 59.7 Å². The Bertz CT molecular complexity index is 1900. The van der Waals surface area contributed by atoms with Gasteiger partial charge in [-0.25, -0.2) is 4.39 Å². The summed E-state index contributed by atoms with van der Waals surface area (Å²) in [7, 11) is 4.76. The van der Waals surface area contributed by atoms with Crippen LogP contribution >= 0.6 is 11.6 Å². The van der Waals surface area contributed by atoms with Crippen LogP contribution in [-0.2, 0) is 17.9 Å². The van der Waals surface area contributed by atoms with Gasteiger partial charge in [-0.15, -0.1) is 0 Å². The average Bonchev–Trinajstić information content (AvgIpc) is 3.66. The largest absolute Gasteiger partial charge is 0.496 e. The highest BCUT2D eigenvalue weighted by Gasteiger charge is 2.25. The van der Waals surface area contributed by atoms with Crippen molar-refractivity contribution in [1.82, 2.24) is 14.8 Å². The summed E-state index contributed by atoms with van der Waals surface area (Å²) >= 11 is 7.12. The van der Waals surface area contributed by atoms with E-state index in [1.807, 2.05) is 42.5 Å². The quantitative estimate of drug-likeness (QED) is 0.110. The monoisotopic (exact) mass is 729 g/mol. The smallest absolute Gasteiger partial charge is 0.303 e. The zero-order chi connectivity index (χ0) is 36.8. The summed E-state index contributed by atoms with van der Waals surface area (Å²) in [4.78, 5) is 20.4. The minimum absolute atomic E-state index is 0.140. The van der Waals surface area contributed by atoms with Crippen molar-refractivity contribution in [3.05, 3.63) is 82.1 Å². The van der Waals surface area contributed by atoms with Crippen LogP contribution in [0.2, 0.25) is 5.02 Å². The predicted molar refractivity (Wildman–Crippen MR) is 202 cm³/mol. The number of hydrogen-bond donors (Lipinski definition) is 3. The van der Waals surface area contributed by atoms with Gasteiger partial charge in [0.1, 0.15) is 23.1 Å². The molecule has 10 nitrogen and oxygen atoms in total. The van der Waals surface area contributed by atoms with Crippen molar-refractivity contribution in [1.29, 1.82) is 5.41 Å². The molecule has 0 radical (unpaired) electrons. The number of nitrogens with one attached hydrogen (secondary N) is 2. The van der Waals surface area contributed by atoms with Crippen molar-refractivity contribution in [3.63, 3.8) is 0 Å². The van der Waals surface area contributed by atoms with Gasteiger partial charge in [0.15, 0.2) is 0 Å². The van der Waals surface area contributed by atoms with Crippen LogP contribution in [0.5, 0.6) is 17.4 Å². The van der Waals surface area contributed by atoms with Crippen LogP contribution in [0, 0.1) is 17.1 Å². The Morgan fingerprint density at radius 3 is 2.23 bits per heavy atom. The number of piperidine rings is 1. The van der Waals surface area contributed by atoms with Gasteiger partial charge in [0.25, 0.3) is 0 Å². The lowest BCUT2D eigenvalue weighted by atomic mass is 9.93. The van der Waals surface area contributed by atoms with E-state index in [-0.39, 0.29) is 12.3 Å². The van der Waals surface area contributed by atoms with Gasteiger partial charge in [-0.2, -0.15) is 4.98 Å². The average molecular weight is 730 g/mol. The summed E-state index contributed by atoms with van der Waals surface area (Å²) in [6.07, 6.45) is 5.30. The maximum absolute atomic E-state index is 15.9. The van der Waals surface area contributed by atoms with Crippen molar-refractivity contribution in [3.8, 4) is 39.6 Å². The van der Waals surface area contributed by atoms with Gasteiger partial charge in [-0.1, -0.05) is 41.9 Å². The van der Waals surface area contributed by atoms with E-state index in [4.69, 9.17) is 41.3 Å². The topological polar surface area (TPSA) is 120 Å². The van der Waals surface area contributed by atoms with E-state index in [9.17, 15) is 4.79 Å². The standard InChI is InChI=1S/C40H45ClFN5O5/c1-50-35-20-26(19-33(42)31(35)23-47-16-12-25(13-17-47)18-38(48)49)27-8-6-10-29(39(27)41)28-9-7-11-34(30(28)22-43)44-37-21-36(51-2)32(40(45-37)52-3)24-46-14-4-5-15-46/h6-11,19-22,25,43H,4-5,12-18,23-24H2,1-3H3,(H,44,45)(H,48,49). The fourth-order valence-corrected chi connectivity index (χ4v) is 7.67. The van der Waals surface area contributed by atoms with Gasteiger partial charge in [0.2, 0.25) is 5.88 Å². The molecule has 0 saturated carbocycles. The molecule has 3 aromatic carbocycles. The van der Waals surface area contributed by atoms with Gasteiger partial charge < -0.3 is 30.0 Å². The van der Waals surface area contributed by atoms with Crippen molar-refractivity contribution < 1.29 is 28.5 Å². The fraction of sp³-hybridized carbons (Fsp3) is 0.375. The van der Waals surface area contributed by atoms with Crippen LogP contribution in [0.25, 0.3) is 22.3 Å². The maximum atomic E-state index is 15.9. The number of anilines is 2. The van der Waals surface area contributed by atoms with Gasteiger partial charge in [-0.3, -0.25) is 14.6 Å². The van der Waals surface area contributed by atoms with E-state index in [1.54, 1.807) is 20.3 Å². The molecule has 0 aliphatic carbocycles. The van der Waals surface area contributed by atoms with Crippen LogP contribution in [0.3, 0.4) is 0 Å². The highest BCUT2D eigenvalue weighted by Crippen LogP contribution is 2.42. The van der Waals surface area contributed by atoms with E-state index in [2.05, 4.69) is 15.1 Å². The summed E-state index contributed by atoms with van der Waals surface area (Å²) in [5.41, 5.74) is 5.15. The number of aromatic nitrogens is 1. The van der Waals surface area contributed by atoms with Crippen LogP contribution in [0.1, 0.15) is 48.8 Å². The first-order chi connectivity index (χ1) is 25.2. The molecule has 0 bridgehead atoms. The minimum atomic E-state index is -0.781. The van der Waals surface area contributed by atoms with E-state index in [0.29, 0.717) is 93.5 Å². The Morgan fingerprint density at radius 2 is 1.56 bits per heavy atom. The Kier molecular flexibility index (Phi) is 11.9. The molecule has 0 unspecified atom stereocenters. The molecule has 3 N–H and O–H groups in total. The third-order valence-corrected chi connectivity index (χ3v) is 10.5. The van der Waals surface area contributed by atoms with Crippen LogP contribution < -0.4 is 19.5 Å². The van der Waals surface area contributed by atoms with Crippen molar-refractivity contribution in [2.45, 2.75) is 45.2 Å². The number of ether oxygens (including phenoxy) is 3. The molecule has 6 rings (SSSR count). The zero-order valence-electron chi connectivity index (χ0n) is 29.8. The maximum Gasteiger partial charge on any atom is 0.303 e. The number of likely N-dealkylation sites (tertiary alicyclic amines) is 2. The first-order valence-electron chi connectivity index (χ1n) is 17.6. The molecule has 52 heavy (non-hydrogen) atoms. The number of halogens is 2. The Balaban J connectivity index is 1.27. The number of methoxy groups -OCH3 is 3. The van der Waals surface area contributed by atoms with E-state index >= 15 is 4.39 Å². The Hall–Kier alpha value is -4.71. The number of benzene rings is 3. The molecule has 12 heteroatoms. The Labute approximate surface area is 309 Å². The lowest BCUT2D eigenvalue weighted by Crippen LogP contribution is -2.34. The molecule has 0 spiro atoms. The highest BCUT2D eigenvalue weighted by atomic mass is 35.5. The second-order valence-electron chi connectivity index (χ2n) is 13.3. The van der Waals surface area contributed by atoms with Gasteiger partial charge >= 0.3 is 5.97 Å². The molecule has 2 aliphatic rings. The number of rotatable bonds is 14. The molecular weight excluding hydrogens is 685 g/mol. The van der Waals surface area contributed by atoms with E-state index < -0.39 is 11.8 Å². The molecular formula is C40H45ClFN5O5. The zero-order valence-corrected chi connectivity index (χ0v) is 30.6. The third-order valence-electron chi connectivity index (χ3n) is 10.1. The Morgan fingerprint density at radius 1 is 0.923 bits per heavy atom. The number of pyridine rings is 1. The molecule has 2 aliphatic heterocycles. The second kappa shape index (κ2) is 16.8. The number of carbonyl (C=O) groups is 1. The molecule has 2 fully saturated rings. The van der Waals surface area contributed by atoms with Gasteiger partial charge in [0.05, 0.1) is 31.9 Å². The summed E-state index contributed by atoms with van der Waals surface area (Å²) < 4.78 is 33.0. The molecule has 4 aromatic rings. The third kappa shape index (κ3) is 8.17. The van der Waals surface area contributed by atoms with Crippen LogP contribution in [-0.4, -0.2) is 79.6 Å². The van der Waals surface area contributed by atoms with Crippen molar-refractivity contribution in [2.75, 3.05) is 52.8 Å². The SMILES string of the molecule is COc1cc(-c2cccc(-c3cccc(Nc4cc(OC)c(CN5CCCC5)c(OC)n4)c3C=N)c2Cl)cc(F)c1CN1CCC(CC(=O)O)CC1. The number of nitrogens with zero attached hydrogens (tertiary/aromatic N) is 3. The number of aliphatic carboxylic acids is 1. The second-order valence-corrected chi connectivity index (χ2v) is 13.7. The summed E-state index contributed by atoms with van der Waals surface area (Å²) in [5, 5.41) is 21.3. The lowest BCUT2D eigenvalue weighted by Gasteiger charge is -2.31. The first kappa shape index (κ1) is 37.1. The number of carboxylic acids is 1. The van der Waals surface area contributed by atoms with Crippen molar-refractivity contribution in [2.24, 2.45) is 5.92 Å². The van der Waals surface area contributed by atoms with Crippen LogP contribution in [0.15, 0.2) is 54.6 Å². The predicted octanol–water partition coefficient (Wildman–Crippen LogP) is 8.26. The highest BCUT2D eigenvalue weighted by molar-refractivity contribution is 6.36. The molecule has 274 valence electrons. The summed E-state index contributed by atoms with van der Waals surface area (Å²) in [6.45, 7) is 4.48. The lowest BCUT2D eigenvalue weighted by molar-refractivity contribution is -0.138. The number of hydrogen-bond acceptors (Lipinski definition) is 9. The van der Waals surface area contributed by atoms with Crippen LogP contribution in [0.4, 0.5) is 15.9 Å². The molecule has 1 aromatic heterocycles. The van der Waals surface area contributed by atoms with E-state index in [1.165, 1.54) is 32.2 Å². The fourth-order valence-electron chi connectivity index (χ4n) is 7.34. The first-order valence-corrected chi connectivity index (χ1v) is 17.9. The van der Waals surface area contributed by atoms with Gasteiger partial charge in [-0.05, 0) is 87.1 Å².